The summed E-state index contributed by atoms with van der Waals surface area (Å²) < 4.78 is 2.92. The van der Waals surface area contributed by atoms with E-state index >= 15 is 0 Å². The van der Waals surface area contributed by atoms with E-state index in [9.17, 15) is 4.79 Å². The summed E-state index contributed by atoms with van der Waals surface area (Å²) in [5, 5.41) is 12.1. The van der Waals surface area contributed by atoms with E-state index in [1.165, 1.54) is 23.1 Å². The molecule has 0 saturated heterocycles. The van der Waals surface area contributed by atoms with Crippen molar-refractivity contribution in [1.82, 2.24) is 19.7 Å². The lowest BCUT2D eigenvalue weighted by Gasteiger charge is -2.01. The van der Waals surface area contributed by atoms with Crippen molar-refractivity contribution in [2.45, 2.75) is 12.1 Å². The molecule has 0 unspecified atom stereocenters. The van der Waals surface area contributed by atoms with E-state index in [2.05, 4.69) is 20.5 Å². The first-order chi connectivity index (χ1) is 10.1. The van der Waals surface area contributed by atoms with Gasteiger partial charge in [-0.3, -0.25) is 4.79 Å². The first-order valence-electron chi connectivity index (χ1n) is 6.27. The highest BCUT2D eigenvalue weighted by molar-refractivity contribution is 7.99. The summed E-state index contributed by atoms with van der Waals surface area (Å²) in [4.78, 5) is 16.3. The molecule has 0 aliphatic carbocycles. The number of anilines is 1. The van der Waals surface area contributed by atoms with Gasteiger partial charge in [0.15, 0.2) is 10.3 Å². The maximum atomic E-state index is 12.0. The van der Waals surface area contributed by atoms with Crippen LogP contribution in [0.5, 0.6) is 0 Å². The summed E-state index contributed by atoms with van der Waals surface area (Å²) >= 11 is 2.83. The Morgan fingerprint density at radius 2 is 2.19 bits per heavy atom. The summed E-state index contributed by atoms with van der Waals surface area (Å²) in [6, 6.07) is 7.80. The van der Waals surface area contributed by atoms with Gasteiger partial charge in [0.2, 0.25) is 5.91 Å². The molecule has 3 aromatic rings. The van der Waals surface area contributed by atoms with Crippen LogP contribution in [0, 0.1) is 6.92 Å². The van der Waals surface area contributed by atoms with E-state index in [0.717, 1.165) is 21.2 Å². The van der Waals surface area contributed by atoms with Gasteiger partial charge in [-0.15, -0.1) is 10.2 Å². The molecule has 0 atom stereocenters. The number of nitrogens with one attached hydrogen (secondary N) is 1. The highest BCUT2D eigenvalue weighted by atomic mass is 32.2. The molecule has 8 heteroatoms. The zero-order valence-corrected chi connectivity index (χ0v) is 13.2. The van der Waals surface area contributed by atoms with Gasteiger partial charge in [0.1, 0.15) is 5.82 Å². The first-order valence-corrected chi connectivity index (χ1v) is 8.08. The molecule has 0 saturated carbocycles. The van der Waals surface area contributed by atoms with Gasteiger partial charge in [0.05, 0.1) is 16.0 Å². The molecule has 0 aliphatic rings. The Bertz CT molecular complexity index is 762. The first kappa shape index (κ1) is 14.0. The fourth-order valence-corrected chi connectivity index (χ4v) is 3.36. The Kier molecular flexibility index (Phi) is 3.89. The lowest BCUT2D eigenvalue weighted by Crippen LogP contribution is -2.14. The minimum Gasteiger partial charge on any atom is -0.309 e. The molecule has 0 fully saturated rings. The van der Waals surface area contributed by atoms with Crippen molar-refractivity contribution in [3.8, 4) is 0 Å². The van der Waals surface area contributed by atoms with E-state index in [0.29, 0.717) is 5.13 Å². The highest BCUT2D eigenvalue weighted by Gasteiger charge is 2.11. The molecule has 1 amide bonds. The second-order valence-electron chi connectivity index (χ2n) is 4.41. The molecular weight excluding hydrogens is 306 g/mol. The lowest BCUT2D eigenvalue weighted by molar-refractivity contribution is -0.113. The van der Waals surface area contributed by atoms with Crippen LogP contribution < -0.4 is 5.32 Å². The predicted molar refractivity (Wildman–Crippen MR) is 84.7 cm³/mol. The van der Waals surface area contributed by atoms with Crippen LogP contribution in [0.1, 0.15) is 5.82 Å². The van der Waals surface area contributed by atoms with Crippen LogP contribution >= 0.6 is 23.1 Å². The molecule has 0 bridgehead atoms. The summed E-state index contributed by atoms with van der Waals surface area (Å²) in [5.41, 5.74) is 0.898. The number of thioether (sulfide) groups is 1. The molecule has 0 aliphatic heterocycles. The van der Waals surface area contributed by atoms with Crippen molar-refractivity contribution in [1.29, 1.82) is 0 Å². The molecule has 21 heavy (non-hydrogen) atoms. The van der Waals surface area contributed by atoms with Gasteiger partial charge in [0, 0.05) is 7.05 Å². The number of nitrogens with zero attached hydrogens (tertiary/aromatic N) is 4. The van der Waals surface area contributed by atoms with Gasteiger partial charge < -0.3 is 9.88 Å². The van der Waals surface area contributed by atoms with Gasteiger partial charge in [-0.1, -0.05) is 35.2 Å². The van der Waals surface area contributed by atoms with Gasteiger partial charge >= 0.3 is 0 Å². The molecule has 108 valence electrons. The Morgan fingerprint density at radius 1 is 1.38 bits per heavy atom. The second kappa shape index (κ2) is 5.82. The number of aryl methyl sites for hydroxylation is 1. The van der Waals surface area contributed by atoms with Crippen molar-refractivity contribution in [2.75, 3.05) is 11.1 Å². The van der Waals surface area contributed by atoms with Crippen LogP contribution in [0.15, 0.2) is 29.4 Å². The number of thiazole rings is 1. The third-order valence-electron chi connectivity index (χ3n) is 2.93. The molecule has 0 radical (unpaired) electrons. The largest absolute Gasteiger partial charge is 0.309 e. The molecule has 0 spiro atoms. The summed E-state index contributed by atoms with van der Waals surface area (Å²) in [6.07, 6.45) is 0. The molecule has 2 aromatic heterocycles. The van der Waals surface area contributed by atoms with Crippen LogP contribution in [0.3, 0.4) is 0 Å². The number of fused-ring (bicyclic) bond motifs is 1. The lowest BCUT2D eigenvalue weighted by atomic mass is 10.3. The number of hydrogen-bond acceptors (Lipinski definition) is 6. The number of para-hydroxylation sites is 1. The summed E-state index contributed by atoms with van der Waals surface area (Å²) in [5.74, 6) is 1.01. The Labute approximate surface area is 129 Å². The number of carbonyl (C=O) groups excluding carboxylic acids is 1. The van der Waals surface area contributed by atoms with Crippen molar-refractivity contribution < 1.29 is 4.79 Å². The monoisotopic (exact) mass is 319 g/mol. The smallest absolute Gasteiger partial charge is 0.236 e. The zero-order chi connectivity index (χ0) is 14.8. The minimum atomic E-state index is -0.0975. The van der Waals surface area contributed by atoms with Gasteiger partial charge in [-0.2, -0.15) is 0 Å². The van der Waals surface area contributed by atoms with Crippen molar-refractivity contribution in [3.63, 3.8) is 0 Å². The highest BCUT2D eigenvalue weighted by Crippen LogP contribution is 2.25. The number of benzene rings is 1. The van der Waals surface area contributed by atoms with Crippen LogP contribution in [0.25, 0.3) is 10.2 Å². The molecule has 6 nitrogen and oxygen atoms in total. The molecular formula is C13H13N5OS2. The summed E-state index contributed by atoms with van der Waals surface area (Å²) in [6.45, 7) is 1.87. The van der Waals surface area contributed by atoms with Crippen LogP contribution in [-0.2, 0) is 11.8 Å². The van der Waals surface area contributed by atoms with Crippen molar-refractivity contribution in [3.05, 3.63) is 30.1 Å². The van der Waals surface area contributed by atoms with Crippen molar-refractivity contribution in [2.24, 2.45) is 7.05 Å². The van der Waals surface area contributed by atoms with Gasteiger partial charge in [-0.05, 0) is 19.1 Å². The second-order valence-corrected chi connectivity index (χ2v) is 6.39. The number of amides is 1. The summed E-state index contributed by atoms with van der Waals surface area (Å²) in [7, 11) is 1.88. The number of hydrogen-bond donors (Lipinski definition) is 1. The third-order valence-corrected chi connectivity index (χ3v) is 4.90. The fourth-order valence-electron chi connectivity index (χ4n) is 1.72. The predicted octanol–water partition coefficient (Wildman–Crippen LogP) is 2.46. The third kappa shape index (κ3) is 3.06. The average molecular weight is 319 g/mol. The molecule has 1 N–H and O–H groups in total. The standard InChI is InChI=1S/C13H13N5OS2/c1-8-16-17-13(18(8)2)20-7-11(19)15-12-14-9-5-3-4-6-10(9)21-12/h3-6H,7H2,1-2H3,(H,14,15,19). The molecule has 3 rings (SSSR count). The van der Waals surface area contributed by atoms with Crippen LogP contribution in [0.2, 0.25) is 0 Å². The Hall–Kier alpha value is -1.93. The maximum Gasteiger partial charge on any atom is 0.236 e. The zero-order valence-electron chi connectivity index (χ0n) is 11.5. The van der Waals surface area contributed by atoms with E-state index in [-0.39, 0.29) is 11.7 Å². The maximum absolute atomic E-state index is 12.0. The average Bonchev–Trinajstić information content (AvgIpc) is 3.01. The normalized spacial score (nSPS) is 11.0. The van der Waals surface area contributed by atoms with Crippen LogP contribution in [0.4, 0.5) is 5.13 Å². The molecule has 2 heterocycles. The van der Waals surface area contributed by atoms with Crippen LogP contribution in [-0.4, -0.2) is 31.4 Å². The fraction of sp³-hybridized carbons (Fsp3) is 0.231. The van der Waals surface area contributed by atoms with E-state index in [1.54, 1.807) is 0 Å². The molecule has 1 aromatic carbocycles. The Morgan fingerprint density at radius 3 is 2.90 bits per heavy atom. The number of rotatable bonds is 4. The minimum absolute atomic E-state index is 0.0975. The van der Waals surface area contributed by atoms with Crippen molar-refractivity contribution >= 4 is 44.4 Å². The van der Waals surface area contributed by atoms with E-state index in [1.807, 2.05) is 42.8 Å². The van der Waals surface area contributed by atoms with E-state index in [4.69, 9.17) is 0 Å². The Balaban J connectivity index is 1.62. The van der Waals surface area contributed by atoms with E-state index < -0.39 is 0 Å². The number of carbonyl (C=O) groups is 1. The van der Waals surface area contributed by atoms with Gasteiger partial charge in [-0.25, -0.2) is 4.98 Å². The van der Waals surface area contributed by atoms with Gasteiger partial charge in [0.25, 0.3) is 0 Å². The number of aromatic nitrogens is 4. The quantitative estimate of drug-likeness (QED) is 0.748. The SMILES string of the molecule is Cc1nnc(SCC(=O)Nc2nc3ccccc3s2)n1C. The topological polar surface area (TPSA) is 72.7 Å².